The van der Waals surface area contributed by atoms with Crippen LogP contribution in [0, 0.1) is 5.82 Å². The van der Waals surface area contributed by atoms with Crippen molar-refractivity contribution < 1.29 is 18.3 Å². The van der Waals surface area contributed by atoms with E-state index < -0.39 is 5.82 Å². The summed E-state index contributed by atoms with van der Waals surface area (Å²) in [6, 6.07) is 6.01. The lowest BCUT2D eigenvalue weighted by molar-refractivity contribution is 0.0949. The van der Waals surface area contributed by atoms with Crippen LogP contribution in [0.1, 0.15) is 22.1 Å². The summed E-state index contributed by atoms with van der Waals surface area (Å²) in [5.74, 6) is -0.571. The number of hydrogen-bond acceptors (Lipinski definition) is 6. The molecule has 128 valence electrons. The molecule has 3 aromatic rings. The highest BCUT2D eigenvalue weighted by atomic mass is 19.1. The second-order valence-corrected chi connectivity index (χ2v) is 5.05. The number of oxazole rings is 1. The van der Waals surface area contributed by atoms with Crippen LogP contribution >= 0.6 is 0 Å². The van der Waals surface area contributed by atoms with Crippen LogP contribution in [0.4, 0.5) is 4.39 Å². The van der Waals surface area contributed by atoms with E-state index in [1.807, 2.05) is 0 Å². The molecule has 1 N–H and O–H groups in total. The van der Waals surface area contributed by atoms with Gasteiger partial charge in [-0.2, -0.15) is 0 Å². The van der Waals surface area contributed by atoms with Crippen LogP contribution in [0.5, 0.6) is 5.75 Å². The van der Waals surface area contributed by atoms with E-state index in [0.717, 1.165) is 5.69 Å². The smallest absolute Gasteiger partial charge is 0.273 e. The fourth-order valence-corrected chi connectivity index (χ4v) is 2.04. The van der Waals surface area contributed by atoms with Gasteiger partial charge in [-0.25, -0.2) is 9.37 Å². The summed E-state index contributed by atoms with van der Waals surface area (Å²) in [6.45, 7) is 0.319. The number of hydrogen-bond donors (Lipinski definition) is 1. The van der Waals surface area contributed by atoms with Gasteiger partial charge in [0.05, 0.1) is 5.69 Å². The number of carbonyl (C=O) groups excluding carboxylic acids is 1. The van der Waals surface area contributed by atoms with Crippen LogP contribution in [0.15, 0.2) is 53.5 Å². The Kier molecular flexibility index (Phi) is 5.30. The van der Waals surface area contributed by atoms with Gasteiger partial charge >= 0.3 is 0 Å². The average molecular weight is 342 g/mol. The molecular formula is C17H15FN4O3. The zero-order valence-electron chi connectivity index (χ0n) is 13.2. The number of amides is 1. The van der Waals surface area contributed by atoms with E-state index in [-0.39, 0.29) is 29.8 Å². The van der Waals surface area contributed by atoms with Gasteiger partial charge in [0, 0.05) is 31.6 Å². The Morgan fingerprint density at radius 2 is 2.16 bits per heavy atom. The van der Waals surface area contributed by atoms with Gasteiger partial charge < -0.3 is 14.5 Å². The van der Waals surface area contributed by atoms with E-state index in [1.165, 1.54) is 18.4 Å². The van der Waals surface area contributed by atoms with Crippen LogP contribution in [-0.4, -0.2) is 27.4 Å². The summed E-state index contributed by atoms with van der Waals surface area (Å²) in [5.41, 5.74) is 0.910. The third-order valence-corrected chi connectivity index (χ3v) is 3.26. The third-order valence-electron chi connectivity index (χ3n) is 3.26. The van der Waals surface area contributed by atoms with E-state index in [9.17, 15) is 9.18 Å². The van der Waals surface area contributed by atoms with Gasteiger partial charge in [0.25, 0.3) is 5.91 Å². The third kappa shape index (κ3) is 4.60. The highest BCUT2D eigenvalue weighted by Gasteiger charge is 2.13. The van der Waals surface area contributed by atoms with Gasteiger partial charge in [-0.3, -0.25) is 14.8 Å². The molecule has 0 spiro atoms. The number of ether oxygens (including phenoxy) is 1. The Morgan fingerprint density at radius 1 is 1.28 bits per heavy atom. The molecule has 7 nitrogen and oxygen atoms in total. The maximum Gasteiger partial charge on any atom is 0.273 e. The molecule has 0 saturated heterocycles. The largest absolute Gasteiger partial charge is 0.481 e. The zero-order valence-corrected chi connectivity index (χ0v) is 13.2. The first kappa shape index (κ1) is 16.6. The molecule has 1 amide bonds. The molecule has 0 atom stereocenters. The minimum atomic E-state index is -0.476. The summed E-state index contributed by atoms with van der Waals surface area (Å²) < 4.78 is 23.9. The molecular weight excluding hydrogens is 327 g/mol. The van der Waals surface area contributed by atoms with E-state index in [0.29, 0.717) is 13.0 Å². The lowest BCUT2D eigenvalue weighted by Gasteiger charge is -2.03. The molecule has 0 radical (unpaired) electrons. The number of halogens is 1. The van der Waals surface area contributed by atoms with Crippen molar-refractivity contribution in [3.05, 3.63) is 72.2 Å². The molecule has 2 aromatic heterocycles. The minimum absolute atomic E-state index is 0.0756. The lowest BCUT2D eigenvalue weighted by Crippen LogP contribution is -2.26. The van der Waals surface area contributed by atoms with Gasteiger partial charge in [-0.15, -0.1) is 0 Å². The SMILES string of the molecule is O=C(NCCc1cnccn1)c1coc(COc2ccccc2F)n1. The number of carbonyl (C=O) groups is 1. The molecule has 0 bridgehead atoms. The van der Waals surface area contributed by atoms with Gasteiger partial charge in [0.1, 0.15) is 6.26 Å². The number of benzene rings is 1. The van der Waals surface area contributed by atoms with Crippen molar-refractivity contribution in [3.63, 3.8) is 0 Å². The molecule has 0 aliphatic carbocycles. The quantitative estimate of drug-likeness (QED) is 0.708. The molecule has 1 aromatic carbocycles. The molecule has 3 rings (SSSR count). The normalized spacial score (nSPS) is 10.4. The molecule has 0 saturated carbocycles. The molecule has 0 aliphatic rings. The van der Waals surface area contributed by atoms with Crippen LogP contribution in [0.3, 0.4) is 0 Å². The minimum Gasteiger partial charge on any atom is -0.481 e. The van der Waals surface area contributed by atoms with Gasteiger partial charge in [0.2, 0.25) is 5.89 Å². The fourth-order valence-electron chi connectivity index (χ4n) is 2.04. The zero-order chi connectivity index (χ0) is 17.5. The first-order chi connectivity index (χ1) is 12.2. The van der Waals surface area contributed by atoms with Crippen molar-refractivity contribution in [3.8, 4) is 5.75 Å². The highest BCUT2D eigenvalue weighted by molar-refractivity contribution is 5.91. The maximum absolute atomic E-state index is 13.5. The maximum atomic E-state index is 13.5. The number of aromatic nitrogens is 3. The second-order valence-electron chi connectivity index (χ2n) is 5.05. The Hall–Kier alpha value is -3.29. The number of nitrogens with zero attached hydrogens (tertiary/aromatic N) is 3. The Balaban J connectivity index is 1.49. The number of para-hydroxylation sites is 1. The van der Waals surface area contributed by atoms with Crippen molar-refractivity contribution in [2.45, 2.75) is 13.0 Å². The molecule has 0 unspecified atom stereocenters. The van der Waals surface area contributed by atoms with Crippen molar-refractivity contribution in [1.82, 2.24) is 20.3 Å². The molecule has 8 heteroatoms. The summed E-state index contributed by atoms with van der Waals surface area (Å²) in [4.78, 5) is 24.1. The van der Waals surface area contributed by atoms with Crippen molar-refractivity contribution in [2.75, 3.05) is 6.54 Å². The fraction of sp³-hybridized carbons (Fsp3) is 0.176. The van der Waals surface area contributed by atoms with Gasteiger partial charge in [-0.1, -0.05) is 12.1 Å². The number of rotatable bonds is 7. The predicted octanol–water partition coefficient (Wildman–Crippen LogP) is 2.16. The van der Waals surface area contributed by atoms with E-state index in [1.54, 1.807) is 30.7 Å². The van der Waals surface area contributed by atoms with Gasteiger partial charge in [-0.05, 0) is 12.1 Å². The van der Waals surface area contributed by atoms with Crippen LogP contribution in [0.2, 0.25) is 0 Å². The summed E-state index contributed by atoms with van der Waals surface area (Å²) in [7, 11) is 0. The standard InChI is InChI=1S/C17H15FN4O3/c18-13-3-1-2-4-15(13)24-11-16-22-14(10-25-16)17(23)21-6-5-12-9-19-7-8-20-12/h1-4,7-10H,5-6,11H2,(H,21,23). The van der Waals surface area contributed by atoms with Crippen LogP contribution in [-0.2, 0) is 13.0 Å². The summed E-state index contributed by atoms with van der Waals surface area (Å²) in [6.07, 6.45) is 6.61. The first-order valence-corrected chi connectivity index (χ1v) is 7.57. The molecule has 25 heavy (non-hydrogen) atoms. The highest BCUT2D eigenvalue weighted by Crippen LogP contribution is 2.17. The van der Waals surface area contributed by atoms with Crippen molar-refractivity contribution in [2.24, 2.45) is 0 Å². The number of nitrogens with one attached hydrogen (secondary N) is 1. The topological polar surface area (TPSA) is 90.1 Å². The molecule has 0 fully saturated rings. The summed E-state index contributed by atoms with van der Waals surface area (Å²) in [5, 5.41) is 2.71. The van der Waals surface area contributed by atoms with E-state index in [4.69, 9.17) is 9.15 Å². The Morgan fingerprint density at radius 3 is 2.96 bits per heavy atom. The predicted molar refractivity (Wildman–Crippen MR) is 85.3 cm³/mol. The second kappa shape index (κ2) is 8.00. The molecule has 0 aliphatic heterocycles. The van der Waals surface area contributed by atoms with Crippen molar-refractivity contribution in [1.29, 1.82) is 0 Å². The monoisotopic (exact) mass is 342 g/mol. The van der Waals surface area contributed by atoms with Crippen LogP contribution in [0.25, 0.3) is 0 Å². The van der Waals surface area contributed by atoms with Crippen LogP contribution < -0.4 is 10.1 Å². The first-order valence-electron chi connectivity index (χ1n) is 7.57. The average Bonchev–Trinajstić information content (AvgIpc) is 3.11. The van der Waals surface area contributed by atoms with E-state index >= 15 is 0 Å². The molecule has 2 heterocycles. The van der Waals surface area contributed by atoms with E-state index in [2.05, 4.69) is 20.3 Å². The Bertz CT molecular complexity index is 839. The summed E-state index contributed by atoms with van der Waals surface area (Å²) >= 11 is 0. The Labute approximate surface area is 142 Å². The lowest BCUT2D eigenvalue weighted by atomic mass is 10.3. The van der Waals surface area contributed by atoms with Crippen molar-refractivity contribution >= 4 is 5.91 Å². The van der Waals surface area contributed by atoms with Gasteiger partial charge in [0.15, 0.2) is 23.9 Å².